The molecule has 2 rings (SSSR count). The van der Waals surface area contributed by atoms with Crippen LogP contribution in [0.15, 0.2) is 23.3 Å². The minimum absolute atomic E-state index is 0.104. The number of rotatable bonds is 3. The molecule has 0 saturated carbocycles. The van der Waals surface area contributed by atoms with Gasteiger partial charge in [0.25, 0.3) is 0 Å². The van der Waals surface area contributed by atoms with Gasteiger partial charge in [-0.3, -0.25) is 0 Å². The number of allylic oxidation sites excluding steroid dienone is 3. The zero-order valence-electron chi connectivity index (χ0n) is 11.4. The van der Waals surface area contributed by atoms with Gasteiger partial charge in [0.2, 0.25) is 0 Å². The van der Waals surface area contributed by atoms with Gasteiger partial charge in [0, 0.05) is 5.92 Å². The van der Waals surface area contributed by atoms with Crippen LogP contribution in [0.2, 0.25) is 0 Å². The van der Waals surface area contributed by atoms with Gasteiger partial charge in [-0.15, -0.1) is 0 Å². The summed E-state index contributed by atoms with van der Waals surface area (Å²) in [6.07, 6.45) is 6.52. The van der Waals surface area contributed by atoms with Crippen LogP contribution in [-0.2, 0) is 4.74 Å². The van der Waals surface area contributed by atoms with Crippen LogP contribution in [0.4, 0.5) is 0 Å². The maximum atomic E-state index is 10.1. The van der Waals surface area contributed by atoms with Crippen molar-refractivity contribution in [2.75, 3.05) is 6.61 Å². The standard InChI is InChI=1S/C15H24O2/c1-10(2)6-5-7-15(4)11(3)8-13-14(15)12(16)9-17-13/h6,8,12-14,16H,5,7,9H2,1-4H3/t12-,13+,14+,15+/m0/s1. The van der Waals surface area contributed by atoms with Crippen molar-refractivity contribution in [2.24, 2.45) is 11.3 Å². The topological polar surface area (TPSA) is 29.5 Å². The molecule has 0 aromatic heterocycles. The molecule has 1 N–H and O–H groups in total. The Hall–Kier alpha value is -0.600. The van der Waals surface area contributed by atoms with Gasteiger partial charge < -0.3 is 9.84 Å². The van der Waals surface area contributed by atoms with Crippen LogP contribution in [0, 0.1) is 11.3 Å². The maximum absolute atomic E-state index is 10.1. The molecular formula is C15H24O2. The molecule has 2 nitrogen and oxygen atoms in total. The number of aliphatic hydroxyl groups excluding tert-OH is 1. The fourth-order valence-electron chi connectivity index (χ4n) is 3.30. The third-order valence-corrected chi connectivity index (χ3v) is 4.49. The smallest absolute Gasteiger partial charge is 0.0838 e. The van der Waals surface area contributed by atoms with E-state index in [9.17, 15) is 5.11 Å². The highest BCUT2D eigenvalue weighted by molar-refractivity contribution is 5.26. The molecule has 1 saturated heterocycles. The molecule has 0 aromatic carbocycles. The molecule has 1 fully saturated rings. The van der Waals surface area contributed by atoms with Gasteiger partial charge in [0.05, 0.1) is 18.8 Å². The van der Waals surface area contributed by atoms with E-state index >= 15 is 0 Å². The molecule has 0 aromatic rings. The van der Waals surface area contributed by atoms with E-state index in [-0.39, 0.29) is 23.5 Å². The second kappa shape index (κ2) is 4.58. The van der Waals surface area contributed by atoms with Gasteiger partial charge >= 0.3 is 0 Å². The normalized spacial score (nSPS) is 40.1. The lowest BCUT2D eigenvalue weighted by molar-refractivity contribution is 0.0781. The average molecular weight is 236 g/mol. The van der Waals surface area contributed by atoms with Crippen molar-refractivity contribution in [3.63, 3.8) is 0 Å². The quantitative estimate of drug-likeness (QED) is 0.763. The van der Waals surface area contributed by atoms with Crippen molar-refractivity contribution in [3.8, 4) is 0 Å². The van der Waals surface area contributed by atoms with Crippen molar-refractivity contribution in [2.45, 2.75) is 52.7 Å². The predicted molar refractivity (Wildman–Crippen MR) is 69.8 cm³/mol. The van der Waals surface area contributed by atoms with Crippen LogP contribution < -0.4 is 0 Å². The minimum Gasteiger partial charge on any atom is -0.390 e. The monoisotopic (exact) mass is 236 g/mol. The number of fused-ring (bicyclic) bond motifs is 1. The summed E-state index contributed by atoms with van der Waals surface area (Å²) in [4.78, 5) is 0. The van der Waals surface area contributed by atoms with E-state index < -0.39 is 0 Å². The molecule has 4 atom stereocenters. The Morgan fingerprint density at radius 2 is 2.29 bits per heavy atom. The third-order valence-electron chi connectivity index (χ3n) is 4.49. The summed E-state index contributed by atoms with van der Waals surface area (Å²) in [5.41, 5.74) is 2.86. The van der Waals surface area contributed by atoms with Crippen molar-refractivity contribution in [1.29, 1.82) is 0 Å². The fraction of sp³-hybridized carbons (Fsp3) is 0.733. The Balaban J connectivity index is 2.12. The van der Waals surface area contributed by atoms with Crippen molar-refractivity contribution in [1.82, 2.24) is 0 Å². The number of hydrogen-bond donors (Lipinski definition) is 1. The van der Waals surface area contributed by atoms with Gasteiger partial charge in [-0.1, -0.05) is 30.2 Å². The van der Waals surface area contributed by atoms with Crippen LogP contribution in [-0.4, -0.2) is 23.9 Å². The number of ether oxygens (including phenoxy) is 1. The van der Waals surface area contributed by atoms with Crippen LogP contribution in [0.25, 0.3) is 0 Å². The predicted octanol–water partition coefficient (Wildman–Crippen LogP) is 3.07. The number of aliphatic hydroxyl groups is 1. The van der Waals surface area contributed by atoms with E-state index in [0.29, 0.717) is 6.61 Å². The molecule has 1 aliphatic heterocycles. The van der Waals surface area contributed by atoms with Gasteiger partial charge in [0.1, 0.15) is 0 Å². The van der Waals surface area contributed by atoms with Crippen molar-refractivity contribution >= 4 is 0 Å². The first-order valence-electron chi connectivity index (χ1n) is 6.57. The molecule has 0 bridgehead atoms. The van der Waals surface area contributed by atoms with Crippen LogP contribution >= 0.6 is 0 Å². The van der Waals surface area contributed by atoms with Crippen LogP contribution in [0.5, 0.6) is 0 Å². The molecule has 1 aliphatic carbocycles. The average Bonchev–Trinajstić information content (AvgIpc) is 2.69. The first kappa shape index (κ1) is 12.8. The maximum Gasteiger partial charge on any atom is 0.0838 e. The van der Waals surface area contributed by atoms with E-state index in [4.69, 9.17) is 4.74 Å². The zero-order chi connectivity index (χ0) is 12.6. The van der Waals surface area contributed by atoms with E-state index in [1.165, 1.54) is 11.1 Å². The molecule has 0 spiro atoms. The first-order valence-corrected chi connectivity index (χ1v) is 6.57. The molecule has 0 amide bonds. The molecule has 0 radical (unpaired) electrons. The summed E-state index contributed by atoms with van der Waals surface area (Å²) in [6.45, 7) is 9.22. The molecule has 2 heteroatoms. The minimum atomic E-state index is -0.301. The molecule has 2 aliphatic rings. The molecule has 96 valence electrons. The molecule has 0 unspecified atom stereocenters. The Morgan fingerprint density at radius 3 is 2.94 bits per heavy atom. The van der Waals surface area contributed by atoms with Crippen molar-refractivity contribution in [3.05, 3.63) is 23.3 Å². The molecule has 17 heavy (non-hydrogen) atoms. The van der Waals surface area contributed by atoms with Crippen molar-refractivity contribution < 1.29 is 9.84 Å². The van der Waals surface area contributed by atoms with Crippen LogP contribution in [0.3, 0.4) is 0 Å². The first-order chi connectivity index (χ1) is 7.95. The Bertz CT molecular complexity index is 352. The SMILES string of the molecule is CC(C)=CCC[C@]1(C)C(C)=C[C@H]2OC[C@H](O)[C@H]21. The summed E-state index contributed by atoms with van der Waals surface area (Å²) in [7, 11) is 0. The summed E-state index contributed by atoms with van der Waals surface area (Å²) < 4.78 is 5.64. The highest BCUT2D eigenvalue weighted by Crippen LogP contribution is 2.51. The third kappa shape index (κ3) is 2.21. The van der Waals surface area contributed by atoms with E-state index in [1.807, 2.05) is 0 Å². The Morgan fingerprint density at radius 1 is 1.59 bits per heavy atom. The zero-order valence-corrected chi connectivity index (χ0v) is 11.4. The second-order valence-electron chi connectivity index (χ2n) is 5.98. The van der Waals surface area contributed by atoms with Gasteiger partial charge in [0.15, 0.2) is 0 Å². The van der Waals surface area contributed by atoms with E-state index in [1.54, 1.807) is 0 Å². The van der Waals surface area contributed by atoms with Gasteiger partial charge in [-0.25, -0.2) is 0 Å². The lowest BCUT2D eigenvalue weighted by Gasteiger charge is -2.34. The fourth-order valence-corrected chi connectivity index (χ4v) is 3.30. The Labute approximate surface area is 104 Å². The second-order valence-corrected chi connectivity index (χ2v) is 5.98. The van der Waals surface area contributed by atoms with Gasteiger partial charge in [-0.2, -0.15) is 0 Å². The largest absolute Gasteiger partial charge is 0.390 e. The lowest BCUT2D eigenvalue weighted by atomic mass is 9.70. The number of hydrogen-bond acceptors (Lipinski definition) is 2. The highest BCUT2D eigenvalue weighted by atomic mass is 16.5. The summed E-state index contributed by atoms with van der Waals surface area (Å²) >= 11 is 0. The Kier molecular flexibility index (Phi) is 3.46. The lowest BCUT2D eigenvalue weighted by Crippen LogP contribution is -2.35. The summed E-state index contributed by atoms with van der Waals surface area (Å²) in [6, 6.07) is 0. The molecule has 1 heterocycles. The van der Waals surface area contributed by atoms with E-state index in [0.717, 1.165) is 12.8 Å². The summed E-state index contributed by atoms with van der Waals surface area (Å²) in [5, 5.41) is 10.1. The van der Waals surface area contributed by atoms with Crippen LogP contribution in [0.1, 0.15) is 40.5 Å². The van der Waals surface area contributed by atoms with Gasteiger partial charge in [-0.05, 0) is 39.0 Å². The highest BCUT2D eigenvalue weighted by Gasteiger charge is 2.51. The van der Waals surface area contributed by atoms with E-state index in [2.05, 4.69) is 39.8 Å². The summed E-state index contributed by atoms with van der Waals surface area (Å²) in [5.74, 6) is 0.257. The molecular weight excluding hydrogens is 212 g/mol.